The van der Waals surface area contributed by atoms with Gasteiger partial charge in [-0.05, 0) is 19.3 Å². The first kappa shape index (κ1) is 9.55. The maximum atomic E-state index is 9.87. The van der Waals surface area contributed by atoms with E-state index in [0.717, 1.165) is 6.42 Å². The summed E-state index contributed by atoms with van der Waals surface area (Å²) in [4.78, 5) is 9.87. The predicted molar refractivity (Wildman–Crippen MR) is 39.7 cm³/mol. The number of nitrogens with two attached hydrogens (primary N) is 3. The summed E-state index contributed by atoms with van der Waals surface area (Å²) in [5.74, 6) is 0. The summed E-state index contributed by atoms with van der Waals surface area (Å²) in [6, 6.07) is -0.473. The molecule has 1 atom stereocenters. The van der Waals surface area contributed by atoms with Crippen molar-refractivity contribution in [3.8, 4) is 0 Å². The quantitative estimate of drug-likeness (QED) is 0.424. The van der Waals surface area contributed by atoms with Gasteiger partial charge in [-0.25, -0.2) is 0 Å². The fourth-order valence-electron chi connectivity index (χ4n) is 0.632. The monoisotopic (exact) mass is 144 g/mol. The van der Waals surface area contributed by atoms with Gasteiger partial charge in [-0.15, -0.1) is 0 Å². The van der Waals surface area contributed by atoms with Gasteiger partial charge in [0.05, 0.1) is 12.2 Å². The second-order valence-corrected chi connectivity index (χ2v) is 2.32. The average Bonchev–Trinajstić information content (AvgIpc) is 1.87. The summed E-state index contributed by atoms with van der Waals surface area (Å²) in [5, 5.41) is 0. The molecule has 0 saturated carbocycles. The topological polar surface area (TPSA) is 95.1 Å². The Labute approximate surface area is 60.7 Å². The van der Waals surface area contributed by atoms with Crippen molar-refractivity contribution in [2.45, 2.75) is 31.5 Å². The highest BCUT2D eigenvalue weighted by Crippen LogP contribution is 1.96. The van der Waals surface area contributed by atoms with Crippen LogP contribution in [0.2, 0.25) is 0 Å². The van der Waals surface area contributed by atoms with Gasteiger partial charge in [0.25, 0.3) is 0 Å². The molecule has 0 saturated heterocycles. The van der Waals surface area contributed by atoms with Gasteiger partial charge in [0.1, 0.15) is 0 Å². The molecule has 0 aliphatic heterocycles. The summed E-state index contributed by atoms with van der Waals surface area (Å²) >= 11 is 0. The molecule has 0 bridgehead atoms. The Kier molecular flexibility index (Phi) is 5.10. The lowest BCUT2D eigenvalue weighted by atomic mass is 10.1. The maximum Gasteiger partial charge on any atom is 0.216 e. The Morgan fingerprint density at radius 3 is 2.20 bits per heavy atom. The standard InChI is InChI=1S/C6H14N3O/c7-5(4-10)2-1-3-6(8)9/h5-6H,1-3,7-9H2/t5-/m0/s1. The third-order valence-electron chi connectivity index (χ3n) is 1.20. The molecule has 6 N–H and O–H groups in total. The van der Waals surface area contributed by atoms with E-state index in [1.165, 1.54) is 0 Å². The van der Waals surface area contributed by atoms with E-state index in [9.17, 15) is 4.79 Å². The van der Waals surface area contributed by atoms with Crippen molar-refractivity contribution in [2.24, 2.45) is 17.2 Å². The molecule has 0 amide bonds. The van der Waals surface area contributed by atoms with Crippen molar-refractivity contribution in [1.82, 2.24) is 0 Å². The van der Waals surface area contributed by atoms with Crippen LogP contribution >= 0.6 is 0 Å². The molecule has 0 unspecified atom stereocenters. The molecule has 0 fully saturated rings. The first-order valence-electron chi connectivity index (χ1n) is 3.31. The molecule has 0 spiro atoms. The summed E-state index contributed by atoms with van der Waals surface area (Å²) < 4.78 is 0. The first-order valence-corrected chi connectivity index (χ1v) is 3.31. The molecular formula is C6H14N3O. The van der Waals surface area contributed by atoms with E-state index in [0.29, 0.717) is 12.8 Å². The van der Waals surface area contributed by atoms with E-state index in [2.05, 4.69) is 0 Å². The van der Waals surface area contributed by atoms with Crippen LogP contribution < -0.4 is 17.2 Å². The molecular weight excluding hydrogens is 130 g/mol. The molecule has 4 heteroatoms. The van der Waals surface area contributed by atoms with Crippen LogP contribution in [0.3, 0.4) is 0 Å². The highest BCUT2D eigenvalue weighted by molar-refractivity contribution is 5.57. The van der Waals surface area contributed by atoms with Crippen molar-refractivity contribution < 1.29 is 4.79 Å². The van der Waals surface area contributed by atoms with Crippen LogP contribution in [-0.2, 0) is 4.79 Å². The van der Waals surface area contributed by atoms with E-state index in [1.54, 1.807) is 6.29 Å². The van der Waals surface area contributed by atoms with E-state index >= 15 is 0 Å². The Morgan fingerprint density at radius 1 is 1.20 bits per heavy atom. The SMILES string of the molecule is NC(N)CCC[C@H](N)[C]=O. The van der Waals surface area contributed by atoms with Gasteiger partial charge in [-0.3, -0.25) is 4.79 Å². The lowest BCUT2D eigenvalue weighted by Gasteiger charge is -2.04. The summed E-state index contributed by atoms with van der Waals surface area (Å²) in [6.07, 6.45) is 3.50. The van der Waals surface area contributed by atoms with Crippen LogP contribution in [0.15, 0.2) is 0 Å². The van der Waals surface area contributed by atoms with Crippen LogP contribution in [0.5, 0.6) is 0 Å². The largest absolute Gasteiger partial charge is 0.321 e. The Hall–Kier alpha value is -0.450. The smallest absolute Gasteiger partial charge is 0.216 e. The molecule has 1 radical (unpaired) electrons. The third kappa shape index (κ3) is 5.68. The predicted octanol–water partition coefficient (Wildman–Crippen LogP) is -1.16. The van der Waals surface area contributed by atoms with E-state index in [4.69, 9.17) is 17.2 Å². The van der Waals surface area contributed by atoms with Crippen molar-refractivity contribution >= 4 is 6.29 Å². The zero-order valence-corrected chi connectivity index (χ0v) is 5.92. The van der Waals surface area contributed by atoms with E-state index in [-0.39, 0.29) is 6.17 Å². The van der Waals surface area contributed by atoms with Crippen LogP contribution in [0.4, 0.5) is 0 Å². The lowest BCUT2D eigenvalue weighted by molar-refractivity contribution is 0.518. The molecule has 59 valence electrons. The molecule has 0 rings (SSSR count). The minimum atomic E-state index is -0.473. The van der Waals surface area contributed by atoms with Gasteiger partial charge in [0.15, 0.2) is 0 Å². The molecule has 0 aromatic heterocycles. The molecule has 0 heterocycles. The van der Waals surface area contributed by atoms with Crippen LogP contribution in [-0.4, -0.2) is 18.5 Å². The zero-order valence-electron chi connectivity index (χ0n) is 5.92. The molecule has 0 aliphatic rings. The number of hydrogen-bond donors (Lipinski definition) is 3. The highest BCUT2D eigenvalue weighted by Gasteiger charge is 2.01. The molecule has 4 nitrogen and oxygen atoms in total. The fraction of sp³-hybridized carbons (Fsp3) is 0.833. The van der Waals surface area contributed by atoms with E-state index in [1.807, 2.05) is 0 Å². The summed E-state index contributed by atoms with van der Waals surface area (Å²) in [6.45, 7) is 0. The minimum absolute atomic E-state index is 0.293. The van der Waals surface area contributed by atoms with Crippen molar-refractivity contribution in [3.63, 3.8) is 0 Å². The van der Waals surface area contributed by atoms with Gasteiger partial charge in [-0.2, -0.15) is 0 Å². The van der Waals surface area contributed by atoms with Crippen molar-refractivity contribution in [2.75, 3.05) is 0 Å². The Morgan fingerprint density at radius 2 is 1.80 bits per heavy atom. The van der Waals surface area contributed by atoms with Gasteiger partial charge in [0.2, 0.25) is 6.29 Å². The Balaban J connectivity index is 3.11. The number of rotatable bonds is 5. The van der Waals surface area contributed by atoms with Gasteiger partial charge in [-0.1, -0.05) is 0 Å². The molecule has 0 aromatic carbocycles. The second kappa shape index (κ2) is 5.34. The minimum Gasteiger partial charge on any atom is -0.321 e. The summed E-state index contributed by atoms with van der Waals surface area (Å²) in [7, 11) is 0. The van der Waals surface area contributed by atoms with Gasteiger partial charge < -0.3 is 17.2 Å². The maximum absolute atomic E-state index is 9.87. The third-order valence-corrected chi connectivity index (χ3v) is 1.20. The zero-order chi connectivity index (χ0) is 7.98. The molecule has 10 heavy (non-hydrogen) atoms. The number of carbonyl (C=O) groups excluding carboxylic acids is 1. The second-order valence-electron chi connectivity index (χ2n) is 2.32. The van der Waals surface area contributed by atoms with Crippen molar-refractivity contribution in [1.29, 1.82) is 0 Å². The number of hydrogen-bond acceptors (Lipinski definition) is 4. The van der Waals surface area contributed by atoms with Gasteiger partial charge in [0, 0.05) is 0 Å². The first-order chi connectivity index (χ1) is 4.66. The Bertz CT molecular complexity index is 95.0. The molecule has 0 aromatic rings. The summed E-state index contributed by atoms with van der Waals surface area (Å²) in [5.41, 5.74) is 15.8. The highest BCUT2D eigenvalue weighted by atomic mass is 16.1. The van der Waals surface area contributed by atoms with Crippen molar-refractivity contribution in [3.05, 3.63) is 0 Å². The van der Waals surface area contributed by atoms with Gasteiger partial charge >= 0.3 is 0 Å². The fourth-order valence-corrected chi connectivity index (χ4v) is 0.632. The van der Waals surface area contributed by atoms with Crippen LogP contribution in [0, 0.1) is 0 Å². The average molecular weight is 144 g/mol. The van der Waals surface area contributed by atoms with E-state index < -0.39 is 6.04 Å². The lowest BCUT2D eigenvalue weighted by Crippen LogP contribution is -2.31. The normalized spacial score (nSPS) is 13.6. The van der Waals surface area contributed by atoms with Crippen LogP contribution in [0.1, 0.15) is 19.3 Å². The van der Waals surface area contributed by atoms with Crippen LogP contribution in [0.25, 0.3) is 0 Å². The molecule has 0 aliphatic carbocycles.